The number of nitrogens with zero attached hydrogens (tertiary/aromatic N) is 2. The first-order valence-corrected chi connectivity index (χ1v) is 5.55. The van der Waals surface area contributed by atoms with Crippen molar-refractivity contribution in [1.82, 2.24) is 9.97 Å². The van der Waals surface area contributed by atoms with Crippen LogP contribution in [-0.4, -0.2) is 9.97 Å². The molecular weight excluding hydrogens is 184 g/mol. The molecular formula is C13H18N2. The standard InChI is InChI=1S/C13H18N2/c1-10-8-14-12(15-9-10)11-4-6-13(2,3)7-5-11/h4,8-9H,5-7H2,1-3H3. The average Bonchev–Trinajstić information content (AvgIpc) is 2.20. The fourth-order valence-corrected chi connectivity index (χ4v) is 1.84. The van der Waals surface area contributed by atoms with Gasteiger partial charge in [-0.1, -0.05) is 19.9 Å². The molecule has 0 saturated carbocycles. The van der Waals surface area contributed by atoms with Crippen LogP contribution in [0.1, 0.15) is 44.5 Å². The number of aromatic nitrogens is 2. The van der Waals surface area contributed by atoms with Gasteiger partial charge in [-0.2, -0.15) is 0 Å². The van der Waals surface area contributed by atoms with E-state index in [1.807, 2.05) is 19.3 Å². The zero-order valence-electron chi connectivity index (χ0n) is 9.75. The zero-order valence-corrected chi connectivity index (χ0v) is 9.75. The lowest BCUT2D eigenvalue weighted by molar-refractivity contribution is 0.334. The highest BCUT2D eigenvalue weighted by Crippen LogP contribution is 2.36. The van der Waals surface area contributed by atoms with Crippen LogP contribution in [0, 0.1) is 12.3 Å². The van der Waals surface area contributed by atoms with E-state index in [4.69, 9.17) is 0 Å². The second-order valence-electron chi connectivity index (χ2n) is 5.18. The van der Waals surface area contributed by atoms with Crippen molar-refractivity contribution < 1.29 is 0 Å². The van der Waals surface area contributed by atoms with Gasteiger partial charge in [0.05, 0.1) is 0 Å². The van der Waals surface area contributed by atoms with Gasteiger partial charge in [-0.3, -0.25) is 0 Å². The molecule has 0 N–H and O–H groups in total. The predicted molar refractivity (Wildman–Crippen MR) is 62.4 cm³/mol. The molecule has 0 unspecified atom stereocenters. The van der Waals surface area contributed by atoms with Crippen molar-refractivity contribution in [3.8, 4) is 0 Å². The van der Waals surface area contributed by atoms with Crippen molar-refractivity contribution in [2.24, 2.45) is 5.41 Å². The molecule has 0 amide bonds. The Balaban J connectivity index is 2.19. The van der Waals surface area contributed by atoms with E-state index in [1.165, 1.54) is 12.0 Å². The minimum absolute atomic E-state index is 0.453. The molecule has 2 rings (SSSR count). The predicted octanol–water partition coefficient (Wildman–Crippen LogP) is 3.38. The molecule has 1 heterocycles. The molecule has 1 aliphatic carbocycles. The molecule has 1 aromatic heterocycles. The van der Waals surface area contributed by atoms with E-state index in [2.05, 4.69) is 29.9 Å². The summed E-state index contributed by atoms with van der Waals surface area (Å²) in [6.45, 7) is 6.65. The third-order valence-corrected chi connectivity index (χ3v) is 3.04. The quantitative estimate of drug-likeness (QED) is 0.697. The Bertz CT molecular complexity index is 374. The summed E-state index contributed by atoms with van der Waals surface area (Å²) in [6.07, 6.45) is 9.56. The fourth-order valence-electron chi connectivity index (χ4n) is 1.84. The number of allylic oxidation sites excluding steroid dienone is 2. The van der Waals surface area contributed by atoms with Crippen molar-refractivity contribution in [3.05, 3.63) is 29.9 Å². The van der Waals surface area contributed by atoms with E-state index in [0.717, 1.165) is 24.2 Å². The molecule has 0 atom stereocenters. The minimum Gasteiger partial charge on any atom is -0.237 e. The van der Waals surface area contributed by atoms with Crippen LogP contribution in [0.5, 0.6) is 0 Å². The molecule has 1 aromatic rings. The van der Waals surface area contributed by atoms with Gasteiger partial charge in [-0.25, -0.2) is 9.97 Å². The van der Waals surface area contributed by atoms with Gasteiger partial charge in [-0.05, 0) is 42.7 Å². The van der Waals surface area contributed by atoms with Crippen LogP contribution in [0.15, 0.2) is 18.5 Å². The summed E-state index contributed by atoms with van der Waals surface area (Å²) >= 11 is 0. The minimum atomic E-state index is 0.453. The number of hydrogen-bond acceptors (Lipinski definition) is 2. The third-order valence-electron chi connectivity index (χ3n) is 3.04. The highest BCUT2D eigenvalue weighted by atomic mass is 14.9. The number of rotatable bonds is 1. The lowest BCUT2D eigenvalue weighted by Crippen LogP contribution is -2.14. The molecule has 0 saturated heterocycles. The van der Waals surface area contributed by atoms with Crippen molar-refractivity contribution >= 4 is 5.57 Å². The Kier molecular flexibility index (Phi) is 2.59. The van der Waals surface area contributed by atoms with Crippen LogP contribution >= 0.6 is 0 Å². The van der Waals surface area contributed by atoms with Gasteiger partial charge < -0.3 is 0 Å². The highest BCUT2D eigenvalue weighted by Gasteiger charge is 2.22. The van der Waals surface area contributed by atoms with Gasteiger partial charge in [0.1, 0.15) is 0 Å². The highest BCUT2D eigenvalue weighted by molar-refractivity contribution is 5.60. The molecule has 0 spiro atoms. The Morgan fingerprint density at radius 1 is 1.20 bits per heavy atom. The molecule has 0 bridgehead atoms. The molecule has 0 aromatic carbocycles. The topological polar surface area (TPSA) is 25.8 Å². The molecule has 1 aliphatic rings. The monoisotopic (exact) mass is 202 g/mol. The average molecular weight is 202 g/mol. The van der Waals surface area contributed by atoms with E-state index in [1.54, 1.807) is 0 Å². The van der Waals surface area contributed by atoms with E-state index in [0.29, 0.717) is 5.41 Å². The van der Waals surface area contributed by atoms with Crippen LogP contribution in [-0.2, 0) is 0 Å². The van der Waals surface area contributed by atoms with Gasteiger partial charge in [0, 0.05) is 12.4 Å². The summed E-state index contributed by atoms with van der Waals surface area (Å²) in [5.41, 5.74) is 2.89. The molecule has 0 fully saturated rings. The van der Waals surface area contributed by atoms with Crippen LogP contribution < -0.4 is 0 Å². The van der Waals surface area contributed by atoms with Crippen LogP contribution in [0.4, 0.5) is 0 Å². The van der Waals surface area contributed by atoms with Crippen molar-refractivity contribution in [2.45, 2.75) is 40.0 Å². The smallest absolute Gasteiger partial charge is 0.154 e. The summed E-state index contributed by atoms with van der Waals surface area (Å²) < 4.78 is 0. The lowest BCUT2D eigenvalue weighted by atomic mass is 9.78. The second kappa shape index (κ2) is 3.76. The molecule has 15 heavy (non-hydrogen) atoms. The van der Waals surface area contributed by atoms with Crippen LogP contribution in [0.3, 0.4) is 0 Å². The van der Waals surface area contributed by atoms with E-state index >= 15 is 0 Å². The van der Waals surface area contributed by atoms with Crippen LogP contribution in [0.25, 0.3) is 5.57 Å². The molecule has 80 valence electrons. The second-order valence-corrected chi connectivity index (χ2v) is 5.18. The van der Waals surface area contributed by atoms with Gasteiger partial charge in [0.2, 0.25) is 0 Å². The molecule has 0 radical (unpaired) electrons. The summed E-state index contributed by atoms with van der Waals surface area (Å²) in [6, 6.07) is 0. The normalized spacial score (nSPS) is 19.8. The Labute approximate surface area is 91.5 Å². The Morgan fingerprint density at radius 3 is 2.40 bits per heavy atom. The summed E-state index contributed by atoms with van der Waals surface area (Å²) in [5, 5.41) is 0. The first-order chi connectivity index (χ1) is 7.07. The largest absolute Gasteiger partial charge is 0.237 e. The molecule has 2 nitrogen and oxygen atoms in total. The van der Waals surface area contributed by atoms with E-state index in [-0.39, 0.29) is 0 Å². The van der Waals surface area contributed by atoms with Gasteiger partial charge >= 0.3 is 0 Å². The van der Waals surface area contributed by atoms with Crippen molar-refractivity contribution in [3.63, 3.8) is 0 Å². The fraction of sp³-hybridized carbons (Fsp3) is 0.538. The number of hydrogen-bond donors (Lipinski definition) is 0. The van der Waals surface area contributed by atoms with Gasteiger partial charge in [-0.15, -0.1) is 0 Å². The van der Waals surface area contributed by atoms with E-state index < -0.39 is 0 Å². The Morgan fingerprint density at radius 2 is 1.87 bits per heavy atom. The third kappa shape index (κ3) is 2.44. The Hall–Kier alpha value is -1.18. The van der Waals surface area contributed by atoms with E-state index in [9.17, 15) is 0 Å². The summed E-state index contributed by atoms with van der Waals surface area (Å²) in [7, 11) is 0. The first kappa shape index (κ1) is 10.3. The first-order valence-electron chi connectivity index (χ1n) is 5.55. The van der Waals surface area contributed by atoms with Gasteiger partial charge in [0.25, 0.3) is 0 Å². The van der Waals surface area contributed by atoms with Crippen molar-refractivity contribution in [2.75, 3.05) is 0 Å². The van der Waals surface area contributed by atoms with Crippen LogP contribution in [0.2, 0.25) is 0 Å². The summed E-state index contributed by atoms with van der Waals surface area (Å²) in [4.78, 5) is 8.74. The zero-order chi connectivity index (χ0) is 10.9. The maximum atomic E-state index is 4.37. The molecule has 2 heteroatoms. The summed E-state index contributed by atoms with van der Waals surface area (Å²) in [5.74, 6) is 0.913. The van der Waals surface area contributed by atoms with Crippen molar-refractivity contribution in [1.29, 1.82) is 0 Å². The maximum absolute atomic E-state index is 4.37. The molecule has 0 aliphatic heterocycles. The maximum Gasteiger partial charge on any atom is 0.154 e. The number of aryl methyl sites for hydroxylation is 1. The SMILES string of the molecule is Cc1cnc(C2=CCC(C)(C)CC2)nc1. The van der Waals surface area contributed by atoms with Gasteiger partial charge in [0.15, 0.2) is 5.82 Å². The lowest BCUT2D eigenvalue weighted by Gasteiger charge is -2.28.